The SMILES string of the molecule is CCc1cc(NN)nc(-c2cccc(Br)c2)n1. The number of nitrogens with two attached hydrogens (primary N) is 1. The van der Waals surface area contributed by atoms with Crippen LogP contribution in [0.2, 0.25) is 0 Å². The largest absolute Gasteiger partial charge is 0.308 e. The molecule has 0 atom stereocenters. The highest BCUT2D eigenvalue weighted by Crippen LogP contribution is 2.21. The number of aryl methyl sites for hydroxylation is 1. The summed E-state index contributed by atoms with van der Waals surface area (Å²) < 4.78 is 1.00. The predicted molar refractivity (Wildman–Crippen MR) is 72.4 cm³/mol. The van der Waals surface area contributed by atoms with Crippen LogP contribution >= 0.6 is 15.9 Å². The highest BCUT2D eigenvalue weighted by molar-refractivity contribution is 9.10. The van der Waals surface area contributed by atoms with E-state index in [1.165, 1.54) is 0 Å². The normalized spacial score (nSPS) is 10.3. The van der Waals surface area contributed by atoms with E-state index in [1.807, 2.05) is 37.3 Å². The van der Waals surface area contributed by atoms with Crippen LogP contribution in [0.1, 0.15) is 12.6 Å². The topological polar surface area (TPSA) is 63.8 Å². The lowest BCUT2D eigenvalue weighted by atomic mass is 10.2. The maximum Gasteiger partial charge on any atom is 0.161 e. The summed E-state index contributed by atoms with van der Waals surface area (Å²) in [5.74, 6) is 6.71. The highest BCUT2D eigenvalue weighted by atomic mass is 79.9. The third kappa shape index (κ3) is 2.81. The van der Waals surface area contributed by atoms with E-state index in [0.29, 0.717) is 11.6 Å². The summed E-state index contributed by atoms with van der Waals surface area (Å²) in [6.07, 6.45) is 0.845. The third-order valence-electron chi connectivity index (χ3n) is 2.37. The maximum atomic E-state index is 5.40. The summed E-state index contributed by atoms with van der Waals surface area (Å²) in [6, 6.07) is 9.72. The van der Waals surface area contributed by atoms with Gasteiger partial charge in [-0.2, -0.15) is 0 Å². The Kier molecular flexibility index (Phi) is 3.71. The van der Waals surface area contributed by atoms with Crippen LogP contribution in [0.25, 0.3) is 11.4 Å². The summed E-state index contributed by atoms with van der Waals surface area (Å²) in [6.45, 7) is 2.05. The molecule has 0 aliphatic carbocycles. The molecule has 2 aromatic rings. The maximum absolute atomic E-state index is 5.40. The van der Waals surface area contributed by atoms with E-state index in [0.717, 1.165) is 22.2 Å². The number of nitrogen functional groups attached to an aromatic ring is 1. The molecule has 17 heavy (non-hydrogen) atoms. The summed E-state index contributed by atoms with van der Waals surface area (Å²) in [7, 11) is 0. The van der Waals surface area contributed by atoms with Crippen LogP contribution in [0, 0.1) is 0 Å². The number of halogens is 1. The summed E-state index contributed by atoms with van der Waals surface area (Å²) in [4.78, 5) is 8.83. The van der Waals surface area contributed by atoms with E-state index in [-0.39, 0.29) is 0 Å². The Hall–Kier alpha value is -1.46. The molecule has 0 unspecified atom stereocenters. The Bertz CT molecular complexity index is 505. The molecule has 1 aromatic heterocycles. The van der Waals surface area contributed by atoms with Gasteiger partial charge < -0.3 is 5.43 Å². The average molecular weight is 293 g/mol. The van der Waals surface area contributed by atoms with Crippen molar-refractivity contribution in [3.05, 3.63) is 40.5 Å². The Morgan fingerprint density at radius 2 is 2.12 bits per heavy atom. The van der Waals surface area contributed by atoms with E-state index in [9.17, 15) is 0 Å². The van der Waals surface area contributed by atoms with Crippen LogP contribution in [-0.4, -0.2) is 9.97 Å². The second-order valence-electron chi connectivity index (χ2n) is 3.58. The van der Waals surface area contributed by atoms with Crippen LogP contribution in [0.15, 0.2) is 34.8 Å². The molecule has 0 radical (unpaired) electrons. The number of rotatable bonds is 3. The number of nitrogens with one attached hydrogen (secondary N) is 1. The lowest BCUT2D eigenvalue weighted by Crippen LogP contribution is -2.10. The van der Waals surface area contributed by atoms with Crippen LogP contribution in [-0.2, 0) is 6.42 Å². The Labute approximate surface area is 108 Å². The number of hydrogen-bond acceptors (Lipinski definition) is 4. The molecule has 0 aliphatic rings. The highest BCUT2D eigenvalue weighted by Gasteiger charge is 2.05. The molecule has 0 bridgehead atoms. The molecule has 0 saturated heterocycles. The van der Waals surface area contributed by atoms with Gasteiger partial charge in [0.15, 0.2) is 5.82 Å². The molecule has 3 N–H and O–H groups in total. The first kappa shape index (κ1) is 12.0. The Balaban J connectivity index is 2.50. The van der Waals surface area contributed by atoms with Crippen LogP contribution in [0.4, 0.5) is 5.82 Å². The van der Waals surface area contributed by atoms with E-state index in [4.69, 9.17) is 5.84 Å². The summed E-state index contributed by atoms with van der Waals surface area (Å²) in [5, 5.41) is 0. The van der Waals surface area contributed by atoms with Gasteiger partial charge in [0.1, 0.15) is 5.82 Å². The molecule has 1 heterocycles. The Morgan fingerprint density at radius 1 is 1.29 bits per heavy atom. The molecule has 4 nitrogen and oxygen atoms in total. The molecule has 1 aromatic carbocycles. The van der Waals surface area contributed by atoms with Gasteiger partial charge in [0.05, 0.1) is 0 Å². The van der Waals surface area contributed by atoms with Crippen LogP contribution in [0.5, 0.6) is 0 Å². The van der Waals surface area contributed by atoms with Crippen molar-refractivity contribution in [2.45, 2.75) is 13.3 Å². The fraction of sp³-hybridized carbons (Fsp3) is 0.167. The molecule has 2 rings (SSSR count). The molecular weight excluding hydrogens is 280 g/mol. The van der Waals surface area contributed by atoms with Gasteiger partial charge in [-0.15, -0.1) is 0 Å². The van der Waals surface area contributed by atoms with Crippen molar-refractivity contribution in [2.24, 2.45) is 5.84 Å². The van der Waals surface area contributed by atoms with E-state index < -0.39 is 0 Å². The molecule has 0 spiro atoms. The lowest BCUT2D eigenvalue weighted by molar-refractivity contribution is 1.00. The van der Waals surface area contributed by atoms with Gasteiger partial charge in [-0.3, -0.25) is 0 Å². The van der Waals surface area contributed by atoms with Crippen molar-refractivity contribution in [3.63, 3.8) is 0 Å². The van der Waals surface area contributed by atoms with Crippen LogP contribution in [0.3, 0.4) is 0 Å². The van der Waals surface area contributed by atoms with Gasteiger partial charge in [0, 0.05) is 21.8 Å². The molecule has 0 aliphatic heterocycles. The zero-order valence-corrected chi connectivity index (χ0v) is 11.0. The monoisotopic (exact) mass is 292 g/mol. The number of aromatic nitrogens is 2. The van der Waals surface area contributed by atoms with Crippen molar-refractivity contribution >= 4 is 21.7 Å². The van der Waals surface area contributed by atoms with Crippen molar-refractivity contribution in [2.75, 3.05) is 5.43 Å². The van der Waals surface area contributed by atoms with Gasteiger partial charge in [-0.1, -0.05) is 35.0 Å². The summed E-state index contributed by atoms with van der Waals surface area (Å²) >= 11 is 3.43. The van der Waals surface area contributed by atoms with E-state index >= 15 is 0 Å². The van der Waals surface area contributed by atoms with Gasteiger partial charge in [0.25, 0.3) is 0 Å². The van der Waals surface area contributed by atoms with Gasteiger partial charge in [-0.25, -0.2) is 15.8 Å². The molecule has 88 valence electrons. The number of benzene rings is 1. The number of nitrogens with zero attached hydrogens (tertiary/aromatic N) is 2. The Morgan fingerprint density at radius 3 is 2.76 bits per heavy atom. The fourth-order valence-electron chi connectivity index (χ4n) is 1.51. The first-order valence-corrected chi connectivity index (χ1v) is 6.12. The molecular formula is C12H13BrN4. The third-order valence-corrected chi connectivity index (χ3v) is 2.87. The lowest BCUT2D eigenvalue weighted by Gasteiger charge is -2.06. The van der Waals surface area contributed by atoms with E-state index in [2.05, 4.69) is 31.3 Å². The van der Waals surface area contributed by atoms with Gasteiger partial charge >= 0.3 is 0 Å². The molecule has 0 saturated carbocycles. The predicted octanol–water partition coefficient (Wildman–Crippen LogP) is 2.75. The van der Waals surface area contributed by atoms with Crippen molar-refractivity contribution in [1.29, 1.82) is 0 Å². The summed E-state index contributed by atoms with van der Waals surface area (Å²) in [5.41, 5.74) is 4.49. The van der Waals surface area contributed by atoms with Gasteiger partial charge in [-0.05, 0) is 18.6 Å². The second-order valence-corrected chi connectivity index (χ2v) is 4.49. The number of hydrogen-bond donors (Lipinski definition) is 2. The van der Waals surface area contributed by atoms with Crippen molar-refractivity contribution < 1.29 is 0 Å². The molecule has 5 heteroatoms. The van der Waals surface area contributed by atoms with Gasteiger partial charge in [0.2, 0.25) is 0 Å². The number of hydrazine groups is 1. The minimum Gasteiger partial charge on any atom is -0.308 e. The zero-order chi connectivity index (χ0) is 12.3. The zero-order valence-electron chi connectivity index (χ0n) is 9.44. The fourth-order valence-corrected chi connectivity index (χ4v) is 1.91. The molecule has 0 amide bonds. The second kappa shape index (κ2) is 5.25. The standard InChI is InChI=1S/C12H13BrN4/c1-2-10-7-11(17-14)16-12(15-10)8-4-3-5-9(13)6-8/h3-7H,2,14H2,1H3,(H,15,16,17). The average Bonchev–Trinajstić information content (AvgIpc) is 2.38. The number of anilines is 1. The van der Waals surface area contributed by atoms with E-state index in [1.54, 1.807) is 0 Å². The quantitative estimate of drug-likeness (QED) is 0.674. The smallest absolute Gasteiger partial charge is 0.161 e. The first-order valence-electron chi connectivity index (χ1n) is 5.33. The minimum absolute atomic E-state index is 0.631. The van der Waals surface area contributed by atoms with Crippen molar-refractivity contribution in [1.82, 2.24) is 9.97 Å². The molecule has 0 fully saturated rings. The van der Waals surface area contributed by atoms with Crippen molar-refractivity contribution in [3.8, 4) is 11.4 Å². The van der Waals surface area contributed by atoms with Crippen LogP contribution < -0.4 is 11.3 Å². The first-order chi connectivity index (χ1) is 8.22. The minimum atomic E-state index is 0.631.